The first kappa shape index (κ1) is 20.5. The third-order valence-corrected chi connectivity index (χ3v) is 6.00. The number of nitrogens with zero attached hydrogens (tertiary/aromatic N) is 2. The maximum absolute atomic E-state index is 13.1. The minimum absolute atomic E-state index is 0.0524. The van der Waals surface area contributed by atoms with Gasteiger partial charge in [-0.05, 0) is 48.6 Å². The van der Waals surface area contributed by atoms with Gasteiger partial charge < -0.3 is 14.5 Å². The van der Waals surface area contributed by atoms with Gasteiger partial charge in [0.15, 0.2) is 0 Å². The lowest BCUT2D eigenvalue weighted by atomic mass is 9.96. The molecule has 1 unspecified atom stereocenters. The molecule has 0 saturated carbocycles. The molecule has 1 atom stereocenters. The first-order chi connectivity index (χ1) is 14.6. The zero-order valence-electron chi connectivity index (χ0n) is 17.0. The molecule has 2 amide bonds. The number of carbonyl (C=O) groups excluding carboxylic acids is 2. The van der Waals surface area contributed by atoms with Crippen molar-refractivity contribution in [2.75, 3.05) is 31.1 Å². The van der Waals surface area contributed by atoms with Gasteiger partial charge in [0.2, 0.25) is 11.8 Å². The number of hydrogen-bond donors (Lipinski definition) is 0. The number of rotatable bonds is 6. The first-order valence-corrected chi connectivity index (χ1v) is 10.6. The van der Waals surface area contributed by atoms with E-state index in [2.05, 4.69) is 12.1 Å². The van der Waals surface area contributed by atoms with E-state index in [1.807, 2.05) is 23.1 Å². The van der Waals surface area contributed by atoms with E-state index in [4.69, 9.17) is 4.74 Å². The van der Waals surface area contributed by atoms with Crippen LogP contribution in [-0.4, -0.2) is 43.0 Å². The summed E-state index contributed by atoms with van der Waals surface area (Å²) in [6.07, 6.45) is 2.06. The Bertz CT molecular complexity index is 864. The number of amides is 2. The summed E-state index contributed by atoms with van der Waals surface area (Å²) in [5, 5.41) is 0. The molecule has 0 aromatic heterocycles. The minimum atomic E-state index is -0.339. The molecule has 2 heterocycles. The largest absolute Gasteiger partial charge is 0.376 e. The Balaban J connectivity index is 1.23. The summed E-state index contributed by atoms with van der Waals surface area (Å²) < 4.78 is 19.0. The molecule has 2 fully saturated rings. The molecule has 0 spiro atoms. The summed E-state index contributed by atoms with van der Waals surface area (Å²) in [6.45, 7) is 3.10. The highest BCUT2D eigenvalue weighted by atomic mass is 19.1. The molecule has 4 rings (SSSR count). The van der Waals surface area contributed by atoms with Gasteiger partial charge in [-0.25, -0.2) is 4.39 Å². The second-order valence-corrected chi connectivity index (χ2v) is 8.15. The van der Waals surface area contributed by atoms with Gasteiger partial charge in [-0.15, -0.1) is 0 Å². The zero-order chi connectivity index (χ0) is 20.9. The Morgan fingerprint density at radius 2 is 1.73 bits per heavy atom. The molecule has 0 bridgehead atoms. The Kier molecular flexibility index (Phi) is 6.43. The average Bonchev–Trinajstić information content (AvgIpc) is 3.17. The Morgan fingerprint density at radius 1 is 1.03 bits per heavy atom. The number of likely N-dealkylation sites (tertiary alicyclic amines) is 1. The fourth-order valence-corrected chi connectivity index (χ4v) is 4.24. The molecule has 30 heavy (non-hydrogen) atoms. The fraction of sp³-hybridized carbons (Fsp3) is 0.417. The van der Waals surface area contributed by atoms with E-state index in [1.54, 1.807) is 17.0 Å². The van der Waals surface area contributed by atoms with Crippen molar-refractivity contribution in [3.05, 3.63) is 66.0 Å². The predicted molar refractivity (Wildman–Crippen MR) is 112 cm³/mol. The molecular weight excluding hydrogens is 383 g/mol. The van der Waals surface area contributed by atoms with E-state index in [9.17, 15) is 14.0 Å². The summed E-state index contributed by atoms with van der Waals surface area (Å²) >= 11 is 0. The van der Waals surface area contributed by atoms with Crippen molar-refractivity contribution >= 4 is 17.5 Å². The molecule has 2 aliphatic heterocycles. The number of anilines is 1. The molecular formula is C24H27FN2O3. The zero-order valence-corrected chi connectivity index (χ0v) is 17.0. The number of piperidine rings is 1. The van der Waals surface area contributed by atoms with Crippen LogP contribution in [-0.2, 0) is 20.9 Å². The van der Waals surface area contributed by atoms with Crippen LogP contribution in [0.3, 0.4) is 0 Å². The molecule has 6 heteroatoms. The van der Waals surface area contributed by atoms with Crippen molar-refractivity contribution in [1.82, 2.24) is 4.90 Å². The van der Waals surface area contributed by atoms with Crippen molar-refractivity contribution in [2.45, 2.75) is 25.9 Å². The summed E-state index contributed by atoms with van der Waals surface area (Å²) in [5.41, 5.74) is 1.81. The van der Waals surface area contributed by atoms with Crippen LogP contribution in [0.1, 0.15) is 24.8 Å². The van der Waals surface area contributed by atoms with Gasteiger partial charge in [0.1, 0.15) is 5.82 Å². The van der Waals surface area contributed by atoms with Crippen LogP contribution >= 0.6 is 0 Å². The molecule has 2 aromatic rings. The quantitative estimate of drug-likeness (QED) is 0.731. The van der Waals surface area contributed by atoms with E-state index < -0.39 is 0 Å². The van der Waals surface area contributed by atoms with Crippen molar-refractivity contribution in [3.8, 4) is 0 Å². The molecule has 0 radical (unpaired) electrons. The lowest BCUT2D eigenvalue weighted by Gasteiger charge is -2.33. The molecule has 5 nitrogen and oxygen atoms in total. The summed E-state index contributed by atoms with van der Waals surface area (Å²) in [6, 6.07) is 16.0. The molecule has 2 aromatic carbocycles. The van der Waals surface area contributed by atoms with Gasteiger partial charge in [0.05, 0.1) is 12.5 Å². The van der Waals surface area contributed by atoms with E-state index in [0.717, 1.165) is 12.8 Å². The Morgan fingerprint density at radius 3 is 2.43 bits per heavy atom. The monoisotopic (exact) mass is 410 g/mol. The van der Waals surface area contributed by atoms with Gasteiger partial charge in [-0.3, -0.25) is 9.59 Å². The van der Waals surface area contributed by atoms with Crippen LogP contribution in [0.5, 0.6) is 0 Å². The van der Waals surface area contributed by atoms with Crippen LogP contribution in [0.2, 0.25) is 0 Å². The highest BCUT2D eigenvalue weighted by molar-refractivity contribution is 6.00. The smallest absolute Gasteiger partial charge is 0.228 e. The van der Waals surface area contributed by atoms with Gasteiger partial charge in [0.25, 0.3) is 0 Å². The van der Waals surface area contributed by atoms with Gasteiger partial charge >= 0.3 is 0 Å². The fourth-order valence-electron chi connectivity index (χ4n) is 4.24. The number of carbonyl (C=O) groups is 2. The van der Waals surface area contributed by atoms with Crippen LogP contribution < -0.4 is 4.90 Å². The molecule has 2 aliphatic rings. The minimum Gasteiger partial charge on any atom is -0.376 e. The number of halogens is 1. The highest BCUT2D eigenvalue weighted by Crippen LogP contribution is 2.28. The van der Waals surface area contributed by atoms with Crippen LogP contribution in [0.4, 0.5) is 10.1 Å². The second-order valence-electron chi connectivity index (χ2n) is 8.15. The topological polar surface area (TPSA) is 49.9 Å². The van der Waals surface area contributed by atoms with Crippen molar-refractivity contribution in [3.63, 3.8) is 0 Å². The number of hydrogen-bond acceptors (Lipinski definition) is 3. The van der Waals surface area contributed by atoms with E-state index in [-0.39, 0.29) is 30.0 Å². The normalized spacial score (nSPS) is 20.0. The second kappa shape index (κ2) is 9.39. The number of ether oxygens (including phenoxy) is 1. The van der Waals surface area contributed by atoms with Gasteiger partial charge in [0, 0.05) is 38.3 Å². The Labute approximate surface area is 176 Å². The third kappa shape index (κ3) is 4.87. The predicted octanol–water partition coefficient (Wildman–Crippen LogP) is 3.63. The Hall–Kier alpha value is -2.73. The maximum atomic E-state index is 13.1. The lowest BCUT2D eigenvalue weighted by molar-refractivity contribution is -0.137. The molecule has 158 valence electrons. The van der Waals surface area contributed by atoms with Gasteiger partial charge in [-0.1, -0.05) is 30.3 Å². The van der Waals surface area contributed by atoms with E-state index in [0.29, 0.717) is 44.5 Å². The third-order valence-electron chi connectivity index (χ3n) is 6.00. The van der Waals surface area contributed by atoms with E-state index in [1.165, 1.54) is 17.7 Å². The lowest BCUT2D eigenvalue weighted by Crippen LogP contribution is -2.43. The van der Waals surface area contributed by atoms with Crippen molar-refractivity contribution in [2.24, 2.45) is 11.8 Å². The highest BCUT2D eigenvalue weighted by Gasteiger charge is 2.38. The van der Waals surface area contributed by atoms with Crippen molar-refractivity contribution in [1.29, 1.82) is 0 Å². The van der Waals surface area contributed by atoms with Crippen molar-refractivity contribution < 1.29 is 18.7 Å². The summed E-state index contributed by atoms with van der Waals surface area (Å²) in [7, 11) is 0. The standard InChI is InChI=1S/C24H27FN2O3/c25-21-6-8-22(9-7-21)27-15-20(14-23(27)28)24(29)26-12-10-19(11-13-26)17-30-16-18-4-2-1-3-5-18/h1-9,19-20H,10-17H2. The molecule has 0 aliphatic carbocycles. The van der Waals surface area contributed by atoms with Crippen LogP contribution in [0, 0.1) is 17.7 Å². The number of benzene rings is 2. The molecule has 0 N–H and O–H groups in total. The van der Waals surface area contributed by atoms with Gasteiger partial charge in [-0.2, -0.15) is 0 Å². The first-order valence-electron chi connectivity index (χ1n) is 10.6. The SMILES string of the molecule is O=C(C1CC(=O)N(c2ccc(F)cc2)C1)N1CCC(COCc2ccccc2)CC1. The molecule has 2 saturated heterocycles. The average molecular weight is 410 g/mol. The summed E-state index contributed by atoms with van der Waals surface area (Å²) in [5.74, 6) is -0.235. The van der Waals surface area contributed by atoms with Crippen LogP contribution in [0.15, 0.2) is 54.6 Å². The van der Waals surface area contributed by atoms with Crippen LogP contribution in [0.25, 0.3) is 0 Å². The van der Waals surface area contributed by atoms with E-state index >= 15 is 0 Å². The summed E-state index contributed by atoms with van der Waals surface area (Å²) in [4.78, 5) is 28.8. The maximum Gasteiger partial charge on any atom is 0.228 e.